The molecular weight excluding hydrogens is 244 g/mol. The van der Waals surface area contributed by atoms with Crippen molar-refractivity contribution < 1.29 is 4.79 Å². The van der Waals surface area contributed by atoms with E-state index in [-0.39, 0.29) is 6.03 Å². The molecule has 19 heavy (non-hydrogen) atoms. The summed E-state index contributed by atoms with van der Waals surface area (Å²) in [6.45, 7) is 3.81. The number of hydrogen-bond acceptors (Lipinski definition) is 4. The first-order chi connectivity index (χ1) is 9.19. The van der Waals surface area contributed by atoms with E-state index in [9.17, 15) is 4.79 Å². The highest BCUT2D eigenvalue weighted by atomic mass is 16.2. The highest BCUT2D eigenvalue weighted by molar-refractivity contribution is 5.89. The standard InChI is InChI=1S/C12H18N6O/c1-16-10-11(9-14-16)15-12(19)18-7-5-17(6-8-18)4-2-3-13/h9-10H,2,4-8H2,1H3,(H,15,19). The molecule has 1 N–H and O–H groups in total. The summed E-state index contributed by atoms with van der Waals surface area (Å²) >= 11 is 0. The molecule has 0 aliphatic carbocycles. The second kappa shape index (κ2) is 6.20. The van der Waals surface area contributed by atoms with Crippen LogP contribution in [0.5, 0.6) is 0 Å². The van der Waals surface area contributed by atoms with Crippen molar-refractivity contribution in [3.05, 3.63) is 12.4 Å². The first-order valence-electron chi connectivity index (χ1n) is 6.33. The monoisotopic (exact) mass is 262 g/mol. The Labute approximate surface area is 112 Å². The molecule has 1 aromatic rings. The van der Waals surface area contributed by atoms with Crippen LogP contribution < -0.4 is 5.32 Å². The van der Waals surface area contributed by atoms with Crippen molar-refractivity contribution in [3.8, 4) is 6.07 Å². The van der Waals surface area contributed by atoms with Gasteiger partial charge in [-0.1, -0.05) is 0 Å². The number of rotatable bonds is 3. The molecule has 0 aromatic carbocycles. The Morgan fingerprint density at radius 1 is 1.47 bits per heavy atom. The van der Waals surface area contributed by atoms with Crippen LogP contribution in [-0.2, 0) is 7.05 Å². The molecule has 1 aromatic heterocycles. The Morgan fingerprint density at radius 2 is 2.21 bits per heavy atom. The molecule has 2 heterocycles. The van der Waals surface area contributed by atoms with E-state index in [2.05, 4.69) is 21.4 Å². The lowest BCUT2D eigenvalue weighted by Gasteiger charge is -2.34. The third-order valence-electron chi connectivity index (χ3n) is 3.16. The van der Waals surface area contributed by atoms with Crippen LogP contribution in [0.3, 0.4) is 0 Å². The van der Waals surface area contributed by atoms with Crippen molar-refractivity contribution in [3.63, 3.8) is 0 Å². The van der Waals surface area contributed by atoms with Crippen LogP contribution in [-0.4, -0.2) is 58.3 Å². The van der Waals surface area contributed by atoms with Crippen molar-refractivity contribution in [1.29, 1.82) is 5.26 Å². The molecule has 0 atom stereocenters. The second-order valence-corrected chi connectivity index (χ2v) is 4.57. The molecule has 1 aliphatic heterocycles. The van der Waals surface area contributed by atoms with E-state index >= 15 is 0 Å². The van der Waals surface area contributed by atoms with E-state index in [1.807, 2.05) is 7.05 Å². The van der Waals surface area contributed by atoms with E-state index in [1.165, 1.54) is 0 Å². The first kappa shape index (κ1) is 13.4. The number of carbonyl (C=O) groups is 1. The van der Waals surface area contributed by atoms with Gasteiger partial charge in [-0.2, -0.15) is 10.4 Å². The van der Waals surface area contributed by atoms with Gasteiger partial charge in [-0.3, -0.25) is 9.58 Å². The smallest absolute Gasteiger partial charge is 0.322 e. The minimum absolute atomic E-state index is 0.0899. The average Bonchev–Trinajstić information content (AvgIpc) is 2.82. The highest BCUT2D eigenvalue weighted by Gasteiger charge is 2.20. The molecule has 0 spiro atoms. The van der Waals surface area contributed by atoms with Crippen LogP contribution in [0.4, 0.5) is 10.5 Å². The minimum atomic E-state index is -0.0899. The van der Waals surface area contributed by atoms with E-state index < -0.39 is 0 Å². The zero-order valence-corrected chi connectivity index (χ0v) is 11.0. The van der Waals surface area contributed by atoms with Crippen molar-refractivity contribution in [2.24, 2.45) is 7.05 Å². The Morgan fingerprint density at radius 3 is 2.79 bits per heavy atom. The van der Waals surface area contributed by atoms with E-state index in [0.29, 0.717) is 25.2 Å². The van der Waals surface area contributed by atoms with Gasteiger partial charge in [0.25, 0.3) is 0 Å². The zero-order valence-electron chi connectivity index (χ0n) is 11.0. The fourth-order valence-corrected chi connectivity index (χ4v) is 2.07. The number of amides is 2. The second-order valence-electron chi connectivity index (χ2n) is 4.57. The summed E-state index contributed by atoms with van der Waals surface area (Å²) in [5.74, 6) is 0. The average molecular weight is 262 g/mol. The van der Waals surface area contributed by atoms with E-state index in [4.69, 9.17) is 5.26 Å². The number of nitriles is 1. The summed E-state index contributed by atoms with van der Waals surface area (Å²) in [7, 11) is 1.81. The third kappa shape index (κ3) is 3.69. The molecule has 0 radical (unpaired) electrons. The largest absolute Gasteiger partial charge is 0.322 e. The molecule has 2 amide bonds. The van der Waals surface area contributed by atoms with E-state index in [0.717, 1.165) is 19.6 Å². The molecule has 1 aliphatic rings. The van der Waals surface area contributed by atoms with Gasteiger partial charge in [0.15, 0.2) is 0 Å². The van der Waals surface area contributed by atoms with Crippen LogP contribution in [0, 0.1) is 11.3 Å². The summed E-state index contributed by atoms with van der Waals surface area (Å²) < 4.78 is 1.65. The molecule has 7 heteroatoms. The summed E-state index contributed by atoms with van der Waals surface area (Å²) in [5.41, 5.74) is 0.708. The predicted octanol–water partition coefficient (Wildman–Crippen LogP) is 0.483. The van der Waals surface area contributed by atoms with Gasteiger partial charge in [-0.05, 0) is 0 Å². The number of nitrogens with one attached hydrogen (secondary N) is 1. The zero-order chi connectivity index (χ0) is 13.7. The van der Waals surface area contributed by atoms with Crippen LogP contribution in [0.1, 0.15) is 6.42 Å². The summed E-state index contributed by atoms with van der Waals surface area (Å²) in [6.07, 6.45) is 3.93. The first-order valence-corrected chi connectivity index (χ1v) is 6.33. The van der Waals surface area contributed by atoms with Crippen molar-refractivity contribution in [2.45, 2.75) is 6.42 Å². The van der Waals surface area contributed by atoms with Gasteiger partial charge in [-0.25, -0.2) is 4.79 Å². The number of piperazine rings is 1. The molecule has 102 valence electrons. The molecule has 2 rings (SSSR count). The molecule has 1 saturated heterocycles. The molecule has 0 saturated carbocycles. The maximum atomic E-state index is 12.0. The summed E-state index contributed by atoms with van der Waals surface area (Å²) in [5, 5.41) is 15.4. The molecule has 0 bridgehead atoms. The molecule has 0 unspecified atom stereocenters. The van der Waals surface area contributed by atoms with Gasteiger partial charge in [0, 0.05) is 52.4 Å². The third-order valence-corrected chi connectivity index (χ3v) is 3.16. The lowest BCUT2D eigenvalue weighted by Crippen LogP contribution is -2.50. The Hall–Kier alpha value is -2.07. The van der Waals surface area contributed by atoms with E-state index in [1.54, 1.807) is 22.0 Å². The Balaban J connectivity index is 1.78. The Bertz CT molecular complexity index is 469. The quantitative estimate of drug-likeness (QED) is 0.859. The van der Waals surface area contributed by atoms with Crippen LogP contribution in [0.15, 0.2) is 12.4 Å². The van der Waals surface area contributed by atoms with Gasteiger partial charge < -0.3 is 10.2 Å². The van der Waals surface area contributed by atoms with Crippen molar-refractivity contribution in [1.82, 2.24) is 19.6 Å². The Kier molecular flexibility index (Phi) is 4.36. The summed E-state index contributed by atoms with van der Waals surface area (Å²) in [4.78, 5) is 16.0. The lowest BCUT2D eigenvalue weighted by molar-refractivity contribution is 0.149. The SMILES string of the molecule is Cn1cc(NC(=O)N2CCN(CCC#N)CC2)cn1. The maximum Gasteiger partial charge on any atom is 0.322 e. The van der Waals surface area contributed by atoms with Crippen molar-refractivity contribution in [2.75, 3.05) is 38.0 Å². The van der Waals surface area contributed by atoms with Gasteiger partial charge in [-0.15, -0.1) is 0 Å². The topological polar surface area (TPSA) is 77.2 Å². The fraction of sp³-hybridized carbons (Fsp3) is 0.583. The number of anilines is 1. The van der Waals surface area contributed by atoms with Gasteiger partial charge in [0.2, 0.25) is 0 Å². The fourth-order valence-electron chi connectivity index (χ4n) is 2.07. The molecule has 1 fully saturated rings. The molecule has 7 nitrogen and oxygen atoms in total. The predicted molar refractivity (Wildman–Crippen MR) is 70.5 cm³/mol. The number of carbonyl (C=O) groups excluding carboxylic acids is 1. The number of nitrogens with zero attached hydrogens (tertiary/aromatic N) is 5. The van der Waals surface area contributed by atoms with Gasteiger partial charge in [0.05, 0.1) is 18.0 Å². The minimum Gasteiger partial charge on any atom is -0.322 e. The van der Waals surface area contributed by atoms with Crippen LogP contribution >= 0.6 is 0 Å². The maximum absolute atomic E-state index is 12.0. The lowest BCUT2D eigenvalue weighted by atomic mass is 10.3. The number of aryl methyl sites for hydroxylation is 1. The number of hydrogen-bond donors (Lipinski definition) is 1. The van der Waals surface area contributed by atoms with Gasteiger partial charge in [0.1, 0.15) is 0 Å². The van der Waals surface area contributed by atoms with Crippen molar-refractivity contribution >= 4 is 11.7 Å². The summed E-state index contributed by atoms with van der Waals surface area (Å²) in [6, 6.07) is 2.05. The number of aromatic nitrogens is 2. The number of urea groups is 1. The highest BCUT2D eigenvalue weighted by Crippen LogP contribution is 2.08. The van der Waals surface area contributed by atoms with Crippen LogP contribution in [0.2, 0.25) is 0 Å². The van der Waals surface area contributed by atoms with Crippen LogP contribution in [0.25, 0.3) is 0 Å². The molecular formula is C12H18N6O. The van der Waals surface area contributed by atoms with Gasteiger partial charge >= 0.3 is 6.03 Å². The normalized spacial score (nSPS) is 16.1.